The van der Waals surface area contributed by atoms with E-state index < -0.39 is 0 Å². The molecule has 0 radical (unpaired) electrons. The molecule has 5 nitrogen and oxygen atoms in total. The van der Waals surface area contributed by atoms with Gasteiger partial charge >= 0.3 is 0 Å². The van der Waals surface area contributed by atoms with Crippen LogP contribution < -0.4 is 17.0 Å². The summed E-state index contributed by atoms with van der Waals surface area (Å²) in [6.07, 6.45) is 5.03. The minimum absolute atomic E-state index is 0.289. The van der Waals surface area contributed by atoms with E-state index in [0.29, 0.717) is 0 Å². The van der Waals surface area contributed by atoms with Gasteiger partial charge in [-0.2, -0.15) is 0 Å². The molecule has 70 valence electrons. The van der Waals surface area contributed by atoms with Crippen LogP contribution in [0.3, 0.4) is 0 Å². The van der Waals surface area contributed by atoms with Gasteiger partial charge in [-0.25, -0.2) is 5.01 Å². The molecule has 0 saturated carbocycles. The van der Waals surface area contributed by atoms with E-state index in [1.807, 2.05) is 0 Å². The van der Waals surface area contributed by atoms with E-state index in [0.717, 1.165) is 13.1 Å². The Hall–Kier alpha value is -0.970. The average Bonchev–Trinajstić information content (AvgIpc) is 2.33. The van der Waals surface area contributed by atoms with Crippen molar-refractivity contribution in [3.63, 3.8) is 0 Å². The summed E-state index contributed by atoms with van der Waals surface area (Å²) >= 11 is 0. The Labute approximate surface area is 72.7 Å². The van der Waals surface area contributed by atoms with Crippen LogP contribution in [-0.4, -0.2) is 24.1 Å². The number of guanidine groups is 1. The first-order chi connectivity index (χ1) is 5.83. The molecule has 0 amide bonds. The fourth-order valence-corrected chi connectivity index (χ4v) is 1.37. The van der Waals surface area contributed by atoms with Crippen molar-refractivity contribution in [3.05, 3.63) is 0 Å². The third kappa shape index (κ3) is 2.96. The summed E-state index contributed by atoms with van der Waals surface area (Å²) in [5.41, 5.74) is 8.37. The van der Waals surface area contributed by atoms with Gasteiger partial charge in [-0.05, 0) is 12.8 Å². The number of hydrogen-bond acceptors (Lipinski definition) is 3. The Morgan fingerprint density at radius 2 is 1.75 bits per heavy atom. The number of nitrogens with one attached hydrogen (secondary N) is 1. The molecular weight excluding hydrogens is 154 g/mol. The Morgan fingerprint density at radius 3 is 2.25 bits per heavy atom. The third-order valence-electron chi connectivity index (χ3n) is 2.02. The van der Waals surface area contributed by atoms with Crippen molar-refractivity contribution < 1.29 is 0 Å². The minimum Gasteiger partial charge on any atom is -0.367 e. The maximum Gasteiger partial charge on any atom is 0.225 e. The summed E-state index contributed by atoms with van der Waals surface area (Å²) in [5.74, 6) is 5.29. The van der Waals surface area contributed by atoms with Crippen molar-refractivity contribution in [2.24, 2.45) is 16.7 Å². The summed E-state index contributed by atoms with van der Waals surface area (Å²) in [6.45, 7) is 2.05. The second-order valence-electron chi connectivity index (χ2n) is 3.03. The van der Waals surface area contributed by atoms with E-state index in [2.05, 4.69) is 15.5 Å². The van der Waals surface area contributed by atoms with Gasteiger partial charge in [-0.1, -0.05) is 12.8 Å². The molecule has 1 heterocycles. The number of hydrogen-bond donors (Lipinski definition) is 3. The predicted octanol–water partition coefficient (Wildman–Crippen LogP) is -0.445. The molecule has 0 aromatic carbocycles. The van der Waals surface area contributed by atoms with Crippen LogP contribution in [0.5, 0.6) is 0 Å². The molecule has 0 atom stereocenters. The van der Waals surface area contributed by atoms with E-state index in [1.165, 1.54) is 25.7 Å². The van der Waals surface area contributed by atoms with Crippen LogP contribution in [0.25, 0.3) is 0 Å². The normalized spacial score (nSPS) is 21.8. The molecular formula is C7H17N5. The minimum atomic E-state index is 0.289. The van der Waals surface area contributed by atoms with Gasteiger partial charge in [0.25, 0.3) is 0 Å². The van der Waals surface area contributed by atoms with Gasteiger partial charge in [0.2, 0.25) is 5.96 Å². The van der Waals surface area contributed by atoms with E-state index in [4.69, 9.17) is 11.6 Å². The maximum absolute atomic E-state index is 5.43. The highest BCUT2D eigenvalue weighted by atomic mass is 15.5. The third-order valence-corrected chi connectivity index (χ3v) is 2.02. The lowest BCUT2D eigenvalue weighted by Gasteiger charge is -2.20. The van der Waals surface area contributed by atoms with Crippen molar-refractivity contribution in [2.45, 2.75) is 25.7 Å². The molecule has 0 aliphatic carbocycles. The van der Waals surface area contributed by atoms with Crippen LogP contribution >= 0.6 is 0 Å². The van der Waals surface area contributed by atoms with Gasteiger partial charge in [0.1, 0.15) is 0 Å². The zero-order valence-corrected chi connectivity index (χ0v) is 7.29. The molecule has 1 rings (SSSR count). The number of rotatable bonds is 1. The number of hydrazone groups is 1. The van der Waals surface area contributed by atoms with Crippen LogP contribution in [0.4, 0.5) is 0 Å². The van der Waals surface area contributed by atoms with E-state index >= 15 is 0 Å². The highest BCUT2D eigenvalue weighted by Gasteiger charge is 2.08. The van der Waals surface area contributed by atoms with Crippen LogP contribution in [0, 0.1) is 0 Å². The highest BCUT2D eigenvalue weighted by Crippen LogP contribution is 2.06. The zero-order chi connectivity index (χ0) is 8.81. The van der Waals surface area contributed by atoms with Crippen molar-refractivity contribution in [3.8, 4) is 0 Å². The molecule has 1 aliphatic heterocycles. The van der Waals surface area contributed by atoms with Gasteiger partial charge in [-0.3, -0.25) is 5.43 Å². The van der Waals surface area contributed by atoms with Gasteiger partial charge in [0, 0.05) is 13.1 Å². The van der Waals surface area contributed by atoms with Crippen molar-refractivity contribution in [1.29, 1.82) is 0 Å². The number of nitrogens with zero attached hydrogens (tertiary/aromatic N) is 2. The van der Waals surface area contributed by atoms with Crippen LogP contribution in [0.1, 0.15) is 25.7 Å². The average molecular weight is 171 g/mol. The van der Waals surface area contributed by atoms with Crippen LogP contribution in [0.15, 0.2) is 5.10 Å². The Balaban J connectivity index is 2.29. The van der Waals surface area contributed by atoms with Gasteiger partial charge < -0.3 is 11.6 Å². The largest absolute Gasteiger partial charge is 0.367 e. The van der Waals surface area contributed by atoms with Crippen LogP contribution in [0.2, 0.25) is 0 Å². The fraction of sp³-hybridized carbons (Fsp3) is 0.857. The Morgan fingerprint density at radius 1 is 1.17 bits per heavy atom. The molecule has 5 N–H and O–H groups in total. The second-order valence-corrected chi connectivity index (χ2v) is 3.03. The van der Waals surface area contributed by atoms with Gasteiger partial charge in [0.15, 0.2) is 0 Å². The van der Waals surface area contributed by atoms with Crippen molar-refractivity contribution in [2.75, 3.05) is 13.1 Å². The maximum atomic E-state index is 5.43. The summed E-state index contributed by atoms with van der Waals surface area (Å²) < 4.78 is 0. The topological polar surface area (TPSA) is 79.7 Å². The number of hydrazine groups is 1. The highest BCUT2D eigenvalue weighted by molar-refractivity contribution is 5.76. The molecule has 1 saturated heterocycles. The van der Waals surface area contributed by atoms with Crippen LogP contribution in [-0.2, 0) is 0 Å². The molecule has 1 fully saturated rings. The molecule has 0 spiro atoms. The van der Waals surface area contributed by atoms with E-state index in [9.17, 15) is 0 Å². The SMILES string of the molecule is N/N=C(\N)NN1CCCCCC1. The number of nitrogens with two attached hydrogens (primary N) is 2. The molecule has 1 aliphatic rings. The summed E-state index contributed by atoms with van der Waals surface area (Å²) in [6, 6.07) is 0. The summed E-state index contributed by atoms with van der Waals surface area (Å²) in [5, 5.41) is 5.42. The predicted molar refractivity (Wildman–Crippen MR) is 49.0 cm³/mol. The quantitative estimate of drug-likeness (QED) is 0.216. The second kappa shape index (κ2) is 4.82. The molecule has 0 aromatic heterocycles. The van der Waals surface area contributed by atoms with Crippen molar-refractivity contribution >= 4 is 5.96 Å². The van der Waals surface area contributed by atoms with Crippen molar-refractivity contribution in [1.82, 2.24) is 10.4 Å². The Kier molecular flexibility index (Phi) is 3.66. The molecule has 12 heavy (non-hydrogen) atoms. The first-order valence-electron chi connectivity index (χ1n) is 4.38. The Bertz CT molecular complexity index is 148. The molecule has 0 unspecified atom stereocenters. The van der Waals surface area contributed by atoms with Gasteiger partial charge in [0.05, 0.1) is 0 Å². The fourth-order valence-electron chi connectivity index (χ4n) is 1.37. The first-order valence-corrected chi connectivity index (χ1v) is 4.38. The summed E-state index contributed by atoms with van der Waals surface area (Å²) in [4.78, 5) is 0. The molecule has 0 aromatic rings. The summed E-state index contributed by atoms with van der Waals surface area (Å²) in [7, 11) is 0. The smallest absolute Gasteiger partial charge is 0.225 e. The lowest BCUT2D eigenvalue weighted by atomic mass is 10.2. The first kappa shape index (κ1) is 9.12. The lowest BCUT2D eigenvalue weighted by molar-refractivity contribution is 0.244. The molecule has 0 bridgehead atoms. The standard InChI is InChI=1S/C7H17N5/c8-7(10-9)11-12-5-3-1-2-4-6-12/h1-6,9H2,(H3,8,10,11). The lowest BCUT2D eigenvalue weighted by Crippen LogP contribution is -2.46. The van der Waals surface area contributed by atoms with E-state index in [1.54, 1.807) is 0 Å². The molecule has 5 heteroatoms. The van der Waals surface area contributed by atoms with Gasteiger partial charge in [-0.15, -0.1) is 5.10 Å². The zero-order valence-electron chi connectivity index (χ0n) is 7.29. The monoisotopic (exact) mass is 171 g/mol. The van der Waals surface area contributed by atoms with E-state index in [-0.39, 0.29) is 5.96 Å².